The van der Waals surface area contributed by atoms with Gasteiger partial charge in [0.1, 0.15) is 13.2 Å². The van der Waals surface area contributed by atoms with Crippen LogP contribution in [0.3, 0.4) is 0 Å². The highest BCUT2D eigenvalue weighted by atomic mass is 31.2. The molecule has 1 amide bonds. The van der Waals surface area contributed by atoms with Gasteiger partial charge in [0.2, 0.25) is 5.91 Å². The van der Waals surface area contributed by atoms with Crippen LogP contribution in [0.4, 0.5) is 0 Å². The summed E-state index contributed by atoms with van der Waals surface area (Å²) in [6.45, 7) is 4.72. The Hall–Kier alpha value is -2.32. The van der Waals surface area contributed by atoms with Crippen LogP contribution in [0.5, 0.6) is 0 Å². The third kappa shape index (κ3) is 59.2. The van der Waals surface area contributed by atoms with Crippen molar-refractivity contribution in [2.45, 2.75) is 289 Å². The second-order valence-electron chi connectivity index (χ2n) is 22.4. The summed E-state index contributed by atoms with van der Waals surface area (Å²) in [5.41, 5.74) is 0. The Morgan fingerprint density at radius 2 is 0.800 bits per heavy atom. The predicted molar refractivity (Wildman–Crippen MR) is 327 cm³/mol. The molecule has 436 valence electrons. The van der Waals surface area contributed by atoms with Gasteiger partial charge in [-0.05, 0) is 70.6 Å². The van der Waals surface area contributed by atoms with Gasteiger partial charge in [-0.3, -0.25) is 13.8 Å². The number of nitrogens with zero attached hydrogens (tertiary/aromatic N) is 1. The first-order valence-corrected chi connectivity index (χ1v) is 33.0. The smallest absolute Gasteiger partial charge is 0.387 e. The zero-order chi connectivity index (χ0) is 54.9. The Balaban J connectivity index is 4.07. The minimum atomic E-state index is -4.35. The van der Waals surface area contributed by atoms with E-state index in [9.17, 15) is 19.4 Å². The Labute approximate surface area is 465 Å². The summed E-state index contributed by atoms with van der Waals surface area (Å²) in [7, 11) is 1.57. The van der Waals surface area contributed by atoms with E-state index in [1.165, 1.54) is 180 Å². The van der Waals surface area contributed by atoms with E-state index in [1.54, 1.807) is 6.08 Å². The van der Waals surface area contributed by atoms with Crippen LogP contribution in [0.25, 0.3) is 0 Å². The molecule has 0 bridgehead atoms. The molecule has 0 heterocycles. The minimum absolute atomic E-state index is 0.0601. The lowest BCUT2D eigenvalue weighted by atomic mass is 10.0. The highest BCUT2D eigenvalue weighted by Crippen LogP contribution is 2.43. The maximum Gasteiger partial charge on any atom is 0.472 e. The van der Waals surface area contributed by atoms with Crippen molar-refractivity contribution in [3.8, 4) is 0 Å². The molecule has 0 aliphatic heterocycles. The van der Waals surface area contributed by atoms with Gasteiger partial charge in [0.25, 0.3) is 0 Å². The van der Waals surface area contributed by atoms with Crippen LogP contribution in [0.2, 0.25) is 0 Å². The molecule has 3 N–H and O–H groups in total. The van der Waals surface area contributed by atoms with Crippen molar-refractivity contribution in [3.05, 3.63) is 85.1 Å². The summed E-state index contributed by atoms with van der Waals surface area (Å²) in [5, 5.41) is 14.0. The van der Waals surface area contributed by atoms with Gasteiger partial charge in [-0.1, -0.05) is 285 Å². The number of aliphatic hydroxyl groups is 1. The maximum absolute atomic E-state index is 13.0. The molecule has 0 spiro atoms. The third-order valence-electron chi connectivity index (χ3n) is 13.9. The second kappa shape index (κ2) is 56.4. The van der Waals surface area contributed by atoms with Crippen molar-refractivity contribution in [3.63, 3.8) is 0 Å². The van der Waals surface area contributed by atoms with Crippen LogP contribution >= 0.6 is 7.82 Å². The largest absolute Gasteiger partial charge is 0.472 e. The van der Waals surface area contributed by atoms with E-state index < -0.39 is 20.0 Å². The van der Waals surface area contributed by atoms with Crippen molar-refractivity contribution in [1.29, 1.82) is 0 Å². The normalized spacial score (nSPS) is 14.4. The van der Waals surface area contributed by atoms with E-state index in [1.807, 2.05) is 27.2 Å². The molecule has 8 nitrogen and oxygen atoms in total. The number of unbranched alkanes of at least 4 members (excludes halogenated alkanes) is 32. The number of hydrogen-bond acceptors (Lipinski definition) is 5. The van der Waals surface area contributed by atoms with Crippen molar-refractivity contribution >= 4 is 13.7 Å². The molecule has 0 aromatic rings. The van der Waals surface area contributed by atoms with Crippen molar-refractivity contribution in [2.24, 2.45) is 0 Å². The lowest BCUT2D eigenvalue weighted by Gasteiger charge is -2.25. The molecule has 0 saturated heterocycles. The molecule has 0 aromatic carbocycles. The quantitative estimate of drug-likeness (QED) is 0.0243. The molecule has 0 fully saturated rings. The van der Waals surface area contributed by atoms with Crippen LogP contribution in [-0.4, -0.2) is 73.4 Å². The fourth-order valence-electron chi connectivity index (χ4n) is 8.99. The molecule has 0 saturated carbocycles. The molecule has 0 radical (unpaired) electrons. The third-order valence-corrected chi connectivity index (χ3v) is 14.9. The number of hydrogen-bond donors (Lipinski definition) is 3. The Morgan fingerprint density at radius 1 is 0.467 bits per heavy atom. The van der Waals surface area contributed by atoms with E-state index in [4.69, 9.17) is 9.05 Å². The van der Waals surface area contributed by atoms with Crippen molar-refractivity contribution < 1.29 is 32.9 Å². The number of nitrogens with one attached hydrogen (secondary N) is 1. The van der Waals surface area contributed by atoms with Gasteiger partial charge in [-0.15, -0.1) is 0 Å². The number of carbonyl (C=O) groups is 1. The number of likely N-dealkylation sites (N-methyl/N-ethyl adjacent to an activating group) is 1. The predicted octanol–water partition coefficient (Wildman–Crippen LogP) is 19.6. The molecular formula is C66H122N2O6P+. The topological polar surface area (TPSA) is 105 Å². The number of aliphatic hydroxyl groups excluding tert-OH is 1. The first kappa shape index (κ1) is 72.7. The van der Waals surface area contributed by atoms with Crippen molar-refractivity contribution in [1.82, 2.24) is 5.32 Å². The molecule has 3 unspecified atom stereocenters. The summed E-state index contributed by atoms with van der Waals surface area (Å²) in [6.07, 6.45) is 79.8. The first-order valence-electron chi connectivity index (χ1n) is 31.5. The summed E-state index contributed by atoms with van der Waals surface area (Å²) in [6, 6.07) is -0.850. The van der Waals surface area contributed by atoms with E-state index in [-0.39, 0.29) is 19.1 Å². The highest BCUT2D eigenvalue weighted by molar-refractivity contribution is 7.47. The molecule has 0 aromatic heterocycles. The molecule has 9 heteroatoms. The zero-order valence-electron chi connectivity index (χ0n) is 49.8. The van der Waals surface area contributed by atoms with Gasteiger partial charge in [0.15, 0.2) is 0 Å². The minimum Gasteiger partial charge on any atom is -0.387 e. The zero-order valence-corrected chi connectivity index (χ0v) is 50.7. The average Bonchev–Trinajstić information content (AvgIpc) is 3.37. The summed E-state index contributed by atoms with van der Waals surface area (Å²) in [4.78, 5) is 23.3. The summed E-state index contributed by atoms with van der Waals surface area (Å²) < 4.78 is 23.7. The summed E-state index contributed by atoms with van der Waals surface area (Å²) in [5.74, 6) is -0.176. The van der Waals surface area contributed by atoms with Gasteiger partial charge < -0.3 is 19.8 Å². The number of carbonyl (C=O) groups excluding carboxylic acids is 1. The fourth-order valence-corrected chi connectivity index (χ4v) is 9.72. The van der Waals surface area contributed by atoms with Crippen LogP contribution in [0, 0.1) is 0 Å². The second-order valence-corrected chi connectivity index (χ2v) is 23.9. The van der Waals surface area contributed by atoms with Crippen LogP contribution < -0.4 is 5.32 Å². The number of phosphoric ester groups is 1. The molecule has 75 heavy (non-hydrogen) atoms. The number of quaternary nitrogens is 1. The Kier molecular flexibility index (Phi) is 54.7. The Morgan fingerprint density at radius 3 is 1.17 bits per heavy atom. The van der Waals surface area contributed by atoms with Crippen LogP contribution in [0.15, 0.2) is 85.1 Å². The fraction of sp³-hybridized carbons (Fsp3) is 0.773. The standard InChI is InChI=1S/C66H121N2O6P/c1-6-8-10-12-14-16-18-20-22-24-26-27-28-29-30-31-32-33-34-35-36-37-38-39-40-41-42-44-46-48-50-52-54-56-58-60-66(70)67-64(63-74-75(71,72)73-62-61-68(3,4)5)65(69)59-57-55-53-51-49-47-45-43-25-23-21-19-17-15-13-11-9-7-2/h8,10,14,16,20,22,26-27,29-30,32-33,57,59,64-65,69H,6-7,9,11-13,15,17-19,21,23-25,28,31,34-56,58,60-63H2,1-5H3,(H-,67,70,71,72)/p+1/b10-8-,16-14-,22-20-,27-26-,30-29-,33-32-,59-57+. The van der Waals surface area contributed by atoms with Gasteiger partial charge in [-0.25, -0.2) is 4.57 Å². The van der Waals surface area contributed by atoms with Gasteiger partial charge in [0, 0.05) is 6.42 Å². The summed E-state index contributed by atoms with van der Waals surface area (Å²) >= 11 is 0. The molecule has 0 aliphatic rings. The number of rotatable bonds is 57. The van der Waals surface area contributed by atoms with E-state index in [0.717, 1.165) is 77.0 Å². The molecule has 0 aliphatic carbocycles. The van der Waals surface area contributed by atoms with E-state index >= 15 is 0 Å². The number of amides is 1. The van der Waals surface area contributed by atoms with Crippen LogP contribution in [-0.2, 0) is 18.4 Å². The monoisotopic (exact) mass is 1070 g/mol. The SMILES string of the molecule is CC/C=C\C/C=C\C/C=C\C/C=C\C/C=C\C/C=C\CCCCCCCCCCCCCCCCCCC(=O)NC(COP(=O)(O)OCC[N+](C)(C)C)C(O)/C=C/CCCCCCCCCCCCCCCCCC. The first-order chi connectivity index (χ1) is 36.5. The lowest BCUT2D eigenvalue weighted by molar-refractivity contribution is -0.870. The Bertz CT molecular complexity index is 1500. The van der Waals surface area contributed by atoms with Crippen molar-refractivity contribution in [2.75, 3.05) is 40.9 Å². The van der Waals surface area contributed by atoms with Gasteiger partial charge in [0.05, 0.1) is 39.9 Å². The maximum atomic E-state index is 13.0. The molecule has 3 atom stereocenters. The lowest BCUT2D eigenvalue weighted by Crippen LogP contribution is -2.45. The van der Waals surface area contributed by atoms with E-state index in [2.05, 4.69) is 92.1 Å². The number of phosphoric acid groups is 1. The molecule has 0 rings (SSSR count). The molecular weight excluding hydrogens is 948 g/mol. The average molecular weight is 1070 g/mol. The highest BCUT2D eigenvalue weighted by Gasteiger charge is 2.27. The van der Waals surface area contributed by atoms with Gasteiger partial charge in [-0.2, -0.15) is 0 Å². The van der Waals surface area contributed by atoms with Crippen LogP contribution in [0.1, 0.15) is 277 Å². The number of allylic oxidation sites excluding steroid dienone is 13. The van der Waals surface area contributed by atoms with Gasteiger partial charge >= 0.3 is 7.82 Å². The van der Waals surface area contributed by atoms with E-state index in [0.29, 0.717) is 17.4 Å².